The zero-order valence-corrected chi connectivity index (χ0v) is 10.4. The Morgan fingerprint density at radius 2 is 2.06 bits per heavy atom. The third kappa shape index (κ3) is 2.95. The summed E-state index contributed by atoms with van der Waals surface area (Å²) in [5, 5.41) is 0. The van der Waals surface area contributed by atoms with Crippen molar-refractivity contribution in [3.8, 4) is 5.75 Å². The summed E-state index contributed by atoms with van der Waals surface area (Å²) >= 11 is 0. The molecule has 1 atom stereocenters. The maximum absolute atomic E-state index is 13.3. The summed E-state index contributed by atoms with van der Waals surface area (Å²) in [6.45, 7) is 6.05. The summed E-state index contributed by atoms with van der Waals surface area (Å²) in [6.07, 6.45) is 0.785. The van der Waals surface area contributed by atoms with E-state index in [1.807, 2.05) is 20.8 Å². The first-order valence-corrected chi connectivity index (χ1v) is 5.46. The van der Waals surface area contributed by atoms with Gasteiger partial charge in [-0.25, -0.2) is 4.39 Å². The van der Waals surface area contributed by atoms with Gasteiger partial charge in [0.2, 0.25) is 0 Å². The maximum atomic E-state index is 13.3. The summed E-state index contributed by atoms with van der Waals surface area (Å²) in [5.74, 6) is 0.473. The van der Waals surface area contributed by atoms with Crippen LogP contribution in [-0.4, -0.2) is 13.2 Å². The molecule has 1 aromatic carbocycles. The lowest BCUT2D eigenvalue weighted by atomic mass is 9.79. The number of benzene rings is 1. The van der Waals surface area contributed by atoms with Crippen molar-refractivity contribution >= 4 is 0 Å². The number of nitrogens with two attached hydrogens (primary N) is 1. The van der Waals surface area contributed by atoms with Gasteiger partial charge >= 0.3 is 0 Å². The van der Waals surface area contributed by atoms with Crippen LogP contribution in [-0.2, 0) is 5.41 Å². The minimum atomic E-state index is -0.242. The monoisotopic (exact) mass is 225 g/mol. The van der Waals surface area contributed by atoms with Crippen molar-refractivity contribution in [2.45, 2.75) is 38.6 Å². The van der Waals surface area contributed by atoms with Gasteiger partial charge in [0, 0.05) is 11.6 Å². The van der Waals surface area contributed by atoms with E-state index in [0.29, 0.717) is 5.75 Å². The van der Waals surface area contributed by atoms with Crippen LogP contribution in [0.3, 0.4) is 0 Å². The van der Waals surface area contributed by atoms with Gasteiger partial charge in [0.25, 0.3) is 0 Å². The molecule has 0 radical (unpaired) electrons. The molecule has 0 aromatic heterocycles. The fourth-order valence-electron chi connectivity index (χ4n) is 2.12. The molecule has 0 fully saturated rings. The minimum Gasteiger partial charge on any atom is -0.496 e. The first-order valence-electron chi connectivity index (χ1n) is 5.46. The maximum Gasteiger partial charge on any atom is 0.123 e. The van der Waals surface area contributed by atoms with Crippen LogP contribution in [0.4, 0.5) is 4.39 Å². The highest BCUT2D eigenvalue weighted by atomic mass is 19.1. The molecule has 2 N–H and O–H groups in total. The molecular formula is C13H20FNO. The van der Waals surface area contributed by atoms with Crippen LogP contribution in [0, 0.1) is 5.82 Å². The van der Waals surface area contributed by atoms with Crippen molar-refractivity contribution in [1.82, 2.24) is 0 Å². The van der Waals surface area contributed by atoms with E-state index in [2.05, 4.69) is 0 Å². The van der Waals surface area contributed by atoms with Gasteiger partial charge in [0.15, 0.2) is 0 Å². The Balaban J connectivity index is 3.14. The quantitative estimate of drug-likeness (QED) is 0.855. The SMILES string of the molecule is COc1ccc(F)cc1C(C)(C)CC(C)N. The second-order valence-electron chi connectivity index (χ2n) is 4.91. The molecular weight excluding hydrogens is 205 g/mol. The number of rotatable bonds is 4. The summed E-state index contributed by atoms with van der Waals surface area (Å²) in [5.41, 5.74) is 6.49. The van der Waals surface area contributed by atoms with Crippen LogP contribution in [0.25, 0.3) is 0 Å². The van der Waals surface area contributed by atoms with Crippen molar-refractivity contribution in [2.75, 3.05) is 7.11 Å². The molecule has 0 spiro atoms. The molecule has 0 heterocycles. The molecule has 0 aliphatic heterocycles. The predicted molar refractivity (Wildman–Crippen MR) is 64.2 cm³/mol. The molecule has 0 saturated carbocycles. The smallest absolute Gasteiger partial charge is 0.123 e. The average molecular weight is 225 g/mol. The van der Waals surface area contributed by atoms with Crippen LogP contribution in [0.2, 0.25) is 0 Å². The van der Waals surface area contributed by atoms with Gasteiger partial charge in [-0.2, -0.15) is 0 Å². The van der Waals surface area contributed by atoms with E-state index in [-0.39, 0.29) is 17.3 Å². The highest BCUT2D eigenvalue weighted by Gasteiger charge is 2.26. The first kappa shape index (κ1) is 13.0. The van der Waals surface area contributed by atoms with Gasteiger partial charge in [0.1, 0.15) is 11.6 Å². The molecule has 0 bridgehead atoms. The standard InChI is InChI=1S/C13H20FNO/c1-9(15)8-13(2,3)11-7-10(14)5-6-12(11)16-4/h5-7,9H,8,15H2,1-4H3. The minimum absolute atomic E-state index is 0.0722. The Bertz CT molecular complexity index is 361. The molecule has 3 heteroatoms. The number of ether oxygens (including phenoxy) is 1. The fraction of sp³-hybridized carbons (Fsp3) is 0.538. The molecule has 1 rings (SSSR count). The molecule has 0 amide bonds. The van der Waals surface area contributed by atoms with Crippen LogP contribution < -0.4 is 10.5 Å². The van der Waals surface area contributed by atoms with E-state index in [1.54, 1.807) is 13.2 Å². The first-order chi connectivity index (χ1) is 7.36. The van der Waals surface area contributed by atoms with Crippen LogP contribution >= 0.6 is 0 Å². The van der Waals surface area contributed by atoms with Gasteiger partial charge in [0.05, 0.1) is 7.11 Å². The topological polar surface area (TPSA) is 35.2 Å². The lowest BCUT2D eigenvalue weighted by molar-refractivity contribution is 0.374. The van der Waals surface area contributed by atoms with Gasteiger partial charge in [-0.3, -0.25) is 0 Å². The van der Waals surface area contributed by atoms with Gasteiger partial charge < -0.3 is 10.5 Å². The van der Waals surface area contributed by atoms with Crippen molar-refractivity contribution in [1.29, 1.82) is 0 Å². The third-order valence-corrected chi connectivity index (χ3v) is 2.72. The van der Waals surface area contributed by atoms with Crippen molar-refractivity contribution in [3.05, 3.63) is 29.6 Å². The highest BCUT2D eigenvalue weighted by molar-refractivity contribution is 5.39. The Morgan fingerprint density at radius 1 is 1.44 bits per heavy atom. The molecule has 1 aromatic rings. The second-order valence-corrected chi connectivity index (χ2v) is 4.91. The molecule has 0 aliphatic carbocycles. The Labute approximate surface area is 96.6 Å². The summed E-state index contributed by atoms with van der Waals surface area (Å²) < 4.78 is 18.5. The van der Waals surface area contributed by atoms with Crippen LogP contribution in [0.1, 0.15) is 32.8 Å². The molecule has 1 unspecified atom stereocenters. The molecule has 16 heavy (non-hydrogen) atoms. The number of methoxy groups -OCH3 is 1. The molecule has 0 saturated heterocycles. The molecule has 90 valence electrons. The summed E-state index contributed by atoms with van der Waals surface area (Å²) in [7, 11) is 1.60. The van der Waals surface area contributed by atoms with Crippen molar-refractivity contribution < 1.29 is 9.13 Å². The van der Waals surface area contributed by atoms with Crippen LogP contribution in [0.5, 0.6) is 5.75 Å². The lowest BCUT2D eigenvalue weighted by Crippen LogP contribution is -2.28. The average Bonchev–Trinajstić information content (AvgIpc) is 2.15. The highest BCUT2D eigenvalue weighted by Crippen LogP contribution is 2.35. The predicted octanol–water partition coefficient (Wildman–Crippen LogP) is 2.85. The molecule has 2 nitrogen and oxygen atoms in total. The van der Waals surface area contributed by atoms with E-state index in [9.17, 15) is 4.39 Å². The number of hydrogen-bond donors (Lipinski definition) is 1. The van der Waals surface area contributed by atoms with Gasteiger partial charge in [-0.05, 0) is 37.0 Å². The Hall–Kier alpha value is -1.09. The largest absolute Gasteiger partial charge is 0.496 e. The Morgan fingerprint density at radius 3 is 2.56 bits per heavy atom. The van der Waals surface area contributed by atoms with E-state index >= 15 is 0 Å². The summed E-state index contributed by atoms with van der Waals surface area (Å²) in [6, 6.07) is 4.67. The zero-order chi connectivity index (χ0) is 12.3. The normalized spacial score (nSPS) is 13.6. The Kier molecular flexibility index (Phi) is 3.92. The fourth-order valence-corrected chi connectivity index (χ4v) is 2.12. The number of halogens is 1. The van der Waals surface area contributed by atoms with Gasteiger partial charge in [-0.15, -0.1) is 0 Å². The van der Waals surface area contributed by atoms with Crippen molar-refractivity contribution in [3.63, 3.8) is 0 Å². The zero-order valence-electron chi connectivity index (χ0n) is 10.4. The summed E-state index contributed by atoms with van der Waals surface area (Å²) in [4.78, 5) is 0. The van der Waals surface area contributed by atoms with E-state index in [4.69, 9.17) is 10.5 Å². The second kappa shape index (κ2) is 4.83. The van der Waals surface area contributed by atoms with E-state index in [1.165, 1.54) is 12.1 Å². The van der Waals surface area contributed by atoms with Gasteiger partial charge in [-0.1, -0.05) is 13.8 Å². The van der Waals surface area contributed by atoms with E-state index < -0.39 is 0 Å². The van der Waals surface area contributed by atoms with E-state index in [0.717, 1.165) is 12.0 Å². The lowest BCUT2D eigenvalue weighted by Gasteiger charge is -2.28. The third-order valence-electron chi connectivity index (χ3n) is 2.72. The molecule has 0 aliphatic rings. The number of hydrogen-bond acceptors (Lipinski definition) is 2. The van der Waals surface area contributed by atoms with Crippen molar-refractivity contribution in [2.24, 2.45) is 5.73 Å². The van der Waals surface area contributed by atoms with Crippen LogP contribution in [0.15, 0.2) is 18.2 Å².